The molecule has 3 rings (SSSR count). The van der Waals surface area contributed by atoms with E-state index in [1.54, 1.807) is 23.1 Å². The minimum Gasteiger partial charge on any atom is -0.485 e. The number of fused-ring (bicyclic) bond motifs is 1. The fraction of sp³-hybridized carbons (Fsp3) is 0.500. The zero-order chi connectivity index (χ0) is 15.4. The van der Waals surface area contributed by atoms with Crippen molar-refractivity contribution < 1.29 is 23.8 Å². The van der Waals surface area contributed by atoms with Crippen molar-refractivity contribution in [2.45, 2.75) is 25.4 Å². The third-order valence-corrected chi connectivity index (χ3v) is 3.82. The van der Waals surface area contributed by atoms with Crippen molar-refractivity contribution in [1.29, 1.82) is 0 Å². The summed E-state index contributed by atoms with van der Waals surface area (Å²) < 4.78 is 16.1. The van der Waals surface area contributed by atoms with Gasteiger partial charge in [0.15, 0.2) is 18.1 Å². The lowest BCUT2D eigenvalue weighted by Crippen LogP contribution is -2.42. The van der Waals surface area contributed by atoms with Crippen LogP contribution in [0.25, 0.3) is 0 Å². The molecule has 2 aliphatic heterocycles. The molecule has 0 saturated carbocycles. The second kappa shape index (κ2) is 6.68. The molecule has 0 aliphatic carbocycles. The van der Waals surface area contributed by atoms with E-state index in [4.69, 9.17) is 14.2 Å². The van der Waals surface area contributed by atoms with Crippen LogP contribution in [0.4, 0.5) is 0 Å². The first kappa shape index (κ1) is 14.7. The van der Waals surface area contributed by atoms with Crippen molar-refractivity contribution in [1.82, 2.24) is 4.90 Å². The number of esters is 1. The number of carbonyl (C=O) groups excluding carboxylic acids is 2. The molecule has 22 heavy (non-hydrogen) atoms. The first-order valence-electron chi connectivity index (χ1n) is 7.57. The number of rotatable bonds is 3. The highest BCUT2D eigenvalue weighted by atomic mass is 16.6. The molecule has 1 atom stereocenters. The van der Waals surface area contributed by atoms with Crippen LogP contribution < -0.4 is 9.47 Å². The SMILES string of the molecule is O=C(OCC(=O)N1CCCCC1)[C@H]1COc2ccccc2O1. The molecule has 1 aromatic rings. The number of piperidine rings is 1. The maximum absolute atomic E-state index is 12.0. The van der Waals surface area contributed by atoms with Crippen molar-refractivity contribution in [3.8, 4) is 11.5 Å². The van der Waals surface area contributed by atoms with E-state index in [1.807, 2.05) is 6.07 Å². The first-order valence-corrected chi connectivity index (χ1v) is 7.57. The summed E-state index contributed by atoms with van der Waals surface area (Å²) in [5, 5.41) is 0. The minimum absolute atomic E-state index is 0.0910. The zero-order valence-corrected chi connectivity index (χ0v) is 12.3. The quantitative estimate of drug-likeness (QED) is 0.789. The second-order valence-electron chi connectivity index (χ2n) is 5.41. The summed E-state index contributed by atoms with van der Waals surface area (Å²) in [5.41, 5.74) is 0. The minimum atomic E-state index is -0.830. The molecule has 2 aliphatic rings. The Morgan fingerprint density at radius 3 is 2.64 bits per heavy atom. The zero-order valence-electron chi connectivity index (χ0n) is 12.3. The van der Waals surface area contributed by atoms with Gasteiger partial charge in [0.25, 0.3) is 5.91 Å². The van der Waals surface area contributed by atoms with E-state index in [9.17, 15) is 9.59 Å². The average Bonchev–Trinajstić information content (AvgIpc) is 2.59. The summed E-state index contributed by atoms with van der Waals surface area (Å²) in [6.45, 7) is 1.34. The number of likely N-dealkylation sites (tertiary alicyclic amines) is 1. The van der Waals surface area contributed by atoms with Gasteiger partial charge in [0.05, 0.1) is 0 Å². The Morgan fingerprint density at radius 2 is 1.86 bits per heavy atom. The number of ether oxygens (including phenoxy) is 3. The van der Waals surface area contributed by atoms with E-state index in [-0.39, 0.29) is 19.1 Å². The number of benzene rings is 1. The molecule has 0 unspecified atom stereocenters. The fourth-order valence-corrected chi connectivity index (χ4v) is 2.60. The molecular formula is C16H19NO5. The lowest BCUT2D eigenvalue weighted by atomic mass is 10.1. The van der Waals surface area contributed by atoms with Crippen LogP contribution in [-0.4, -0.2) is 49.2 Å². The van der Waals surface area contributed by atoms with E-state index < -0.39 is 12.1 Å². The summed E-state index contributed by atoms with van der Waals surface area (Å²) in [4.78, 5) is 25.7. The van der Waals surface area contributed by atoms with Gasteiger partial charge >= 0.3 is 5.97 Å². The van der Waals surface area contributed by atoms with Crippen LogP contribution in [-0.2, 0) is 14.3 Å². The smallest absolute Gasteiger partial charge is 0.351 e. The molecule has 6 nitrogen and oxygen atoms in total. The van der Waals surface area contributed by atoms with Gasteiger partial charge in [-0.25, -0.2) is 4.79 Å². The van der Waals surface area contributed by atoms with Gasteiger partial charge in [-0.1, -0.05) is 12.1 Å². The van der Waals surface area contributed by atoms with Crippen LogP contribution in [0, 0.1) is 0 Å². The van der Waals surface area contributed by atoms with Crippen molar-refractivity contribution in [2.75, 3.05) is 26.3 Å². The van der Waals surface area contributed by atoms with Crippen molar-refractivity contribution >= 4 is 11.9 Å². The standard InChI is InChI=1S/C16H19NO5/c18-15(17-8-4-1-5-9-17)11-21-16(19)14-10-20-12-6-2-3-7-13(12)22-14/h2-3,6-7,14H,1,4-5,8-11H2/t14-/m1/s1. The average molecular weight is 305 g/mol. The summed E-state index contributed by atoms with van der Waals surface area (Å²) in [6, 6.07) is 7.14. The molecule has 0 spiro atoms. The largest absolute Gasteiger partial charge is 0.485 e. The Morgan fingerprint density at radius 1 is 1.14 bits per heavy atom. The summed E-state index contributed by atoms with van der Waals surface area (Å²) in [6.07, 6.45) is 2.34. The van der Waals surface area contributed by atoms with E-state index in [0.717, 1.165) is 32.4 Å². The molecule has 1 amide bonds. The van der Waals surface area contributed by atoms with Gasteiger partial charge in [-0.2, -0.15) is 0 Å². The van der Waals surface area contributed by atoms with Crippen LogP contribution in [0.5, 0.6) is 11.5 Å². The summed E-state index contributed by atoms with van der Waals surface area (Å²) in [5.74, 6) is 0.402. The molecule has 0 aromatic heterocycles. The summed E-state index contributed by atoms with van der Waals surface area (Å²) in [7, 11) is 0. The van der Waals surface area contributed by atoms with Crippen molar-refractivity contribution in [3.05, 3.63) is 24.3 Å². The van der Waals surface area contributed by atoms with E-state index in [1.165, 1.54) is 0 Å². The monoisotopic (exact) mass is 305 g/mol. The lowest BCUT2D eigenvalue weighted by Gasteiger charge is -2.27. The first-order chi connectivity index (χ1) is 10.7. The van der Waals surface area contributed by atoms with E-state index in [2.05, 4.69) is 0 Å². The van der Waals surface area contributed by atoms with Gasteiger partial charge in [-0.15, -0.1) is 0 Å². The molecule has 0 bridgehead atoms. The number of nitrogens with zero attached hydrogens (tertiary/aromatic N) is 1. The molecule has 0 N–H and O–H groups in total. The van der Waals surface area contributed by atoms with Gasteiger partial charge < -0.3 is 19.1 Å². The van der Waals surface area contributed by atoms with Gasteiger partial charge in [0.1, 0.15) is 6.61 Å². The molecule has 2 heterocycles. The highest BCUT2D eigenvalue weighted by Crippen LogP contribution is 2.31. The molecule has 1 saturated heterocycles. The topological polar surface area (TPSA) is 65.1 Å². The number of para-hydroxylation sites is 2. The number of amides is 1. The molecule has 0 radical (unpaired) electrons. The molecular weight excluding hydrogens is 286 g/mol. The molecule has 118 valence electrons. The predicted octanol–water partition coefficient (Wildman–Crippen LogP) is 1.38. The highest BCUT2D eigenvalue weighted by molar-refractivity contribution is 5.82. The van der Waals surface area contributed by atoms with E-state index >= 15 is 0 Å². The van der Waals surface area contributed by atoms with Gasteiger partial charge in [-0.3, -0.25) is 4.79 Å². The Bertz CT molecular complexity index is 553. The Labute approximate surface area is 128 Å². The Kier molecular flexibility index (Phi) is 4.46. The number of carbonyl (C=O) groups is 2. The molecule has 6 heteroatoms. The third-order valence-electron chi connectivity index (χ3n) is 3.82. The Balaban J connectivity index is 1.49. The maximum atomic E-state index is 12.0. The number of hydrogen-bond acceptors (Lipinski definition) is 5. The van der Waals surface area contributed by atoms with Crippen molar-refractivity contribution in [2.24, 2.45) is 0 Å². The molecule has 1 aromatic carbocycles. The second-order valence-corrected chi connectivity index (χ2v) is 5.41. The van der Waals surface area contributed by atoms with Crippen LogP contribution in [0.3, 0.4) is 0 Å². The number of hydrogen-bond donors (Lipinski definition) is 0. The normalized spacial score (nSPS) is 20.4. The fourth-order valence-electron chi connectivity index (χ4n) is 2.60. The predicted molar refractivity (Wildman–Crippen MR) is 77.7 cm³/mol. The van der Waals surface area contributed by atoms with Gasteiger partial charge in [0.2, 0.25) is 6.10 Å². The van der Waals surface area contributed by atoms with Crippen molar-refractivity contribution in [3.63, 3.8) is 0 Å². The third kappa shape index (κ3) is 3.32. The Hall–Kier alpha value is -2.24. The van der Waals surface area contributed by atoms with Crippen LogP contribution in [0.1, 0.15) is 19.3 Å². The van der Waals surface area contributed by atoms with E-state index in [0.29, 0.717) is 11.5 Å². The highest BCUT2D eigenvalue weighted by Gasteiger charge is 2.29. The molecule has 1 fully saturated rings. The van der Waals surface area contributed by atoms with Gasteiger partial charge in [-0.05, 0) is 31.4 Å². The van der Waals surface area contributed by atoms with Crippen LogP contribution in [0.2, 0.25) is 0 Å². The van der Waals surface area contributed by atoms with Crippen LogP contribution in [0.15, 0.2) is 24.3 Å². The maximum Gasteiger partial charge on any atom is 0.351 e. The van der Waals surface area contributed by atoms with Gasteiger partial charge in [0, 0.05) is 13.1 Å². The summed E-state index contributed by atoms with van der Waals surface area (Å²) >= 11 is 0. The lowest BCUT2D eigenvalue weighted by molar-refractivity contribution is -0.160. The van der Waals surface area contributed by atoms with Crippen LogP contribution >= 0.6 is 0 Å².